The maximum Gasteiger partial charge on any atom is 0.331 e. The molecule has 1 aliphatic heterocycles. The van der Waals surface area contributed by atoms with Crippen LogP contribution in [0.4, 0.5) is 5.69 Å². The number of esters is 1. The molecule has 0 bridgehead atoms. The zero-order valence-corrected chi connectivity index (χ0v) is 12.7. The quantitative estimate of drug-likeness (QED) is 0.868. The molecule has 0 saturated carbocycles. The molecule has 1 N–H and O–H groups in total. The van der Waals surface area contributed by atoms with Gasteiger partial charge in [-0.05, 0) is 45.0 Å². The minimum Gasteiger partial charge on any atom is -0.464 e. The summed E-state index contributed by atoms with van der Waals surface area (Å²) in [5.74, 6) is -0.173. The summed E-state index contributed by atoms with van der Waals surface area (Å²) >= 11 is 6.01. The highest BCUT2D eigenvalue weighted by Crippen LogP contribution is 2.29. The Morgan fingerprint density at radius 2 is 2.15 bits per heavy atom. The third-order valence-electron chi connectivity index (χ3n) is 3.72. The third-order valence-corrected chi connectivity index (χ3v) is 3.95. The average Bonchev–Trinajstić information content (AvgIpc) is 2.42. The molecule has 1 saturated heterocycles. The van der Waals surface area contributed by atoms with E-state index in [2.05, 4.69) is 17.3 Å². The second-order valence-electron chi connectivity index (χ2n) is 5.24. The second-order valence-corrected chi connectivity index (χ2v) is 5.68. The number of nitrogens with zero attached hydrogens (tertiary/aromatic N) is 1. The fraction of sp³-hybridized carbons (Fsp3) is 0.533. The van der Waals surface area contributed by atoms with Crippen molar-refractivity contribution in [2.45, 2.75) is 25.3 Å². The summed E-state index contributed by atoms with van der Waals surface area (Å²) in [4.78, 5) is 14.6. The Morgan fingerprint density at radius 1 is 1.45 bits per heavy atom. The van der Waals surface area contributed by atoms with Gasteiger partial charge in [-0.2, -0.15) is 0 Å². The average molecular weight is 297 g/mol. The van der Waals surface area contributed by atoms with Crippen molar-refractivity contribution in [1.29, 1.82) is 0 Å². The molecular weight excluding hydrogens is 276 g/mol. The molecule has 1 heterocycles. The van der Waals surface area contributed by atoms with Crippen LogP contribution < -0.4 is 5.32 Å². The molecule has 0 radical (unpaired) electrons. The molecule has 0 unspecified atom stereocenters. The van der Waals surface area contributed by atoms with Crippen LogP contribution in [0.15, 0.2) is 24.3 Å². The molecule has 0 aliphatic carbocycles. The van der Waals surface area contributed by atoms with E-state index in [0.717, 1.165) is 31.6 Å². The fourth-order valence-electron chi connectivity index (χ4n) is 2.49. The van der Waals surface area contributed by atoms with E-state index in [1.807, 2.05) is 31.2 Å². The summed E-state index contributed by atoms with van der Waals surface area (Å²) in [5.41, 5.74) is 0.211. The summed E-state index contributed by atoms with van der Waals surface area (Å²) < 4.78 is 5.27. The monoisotopic (exact) mass is 296 g/mol. The molecule has 0 atom stereocenters. The van der Waals surface area contributed by atoms with Crippen molar-refractivity contribution in [3.8, 4) is 0 Å². The lowest BCUT2D eigenvalue weighted by molar-refractivity contribution is -0.150. The highest BCUT2D eigenvalue weighted by atomic mass is 35.5. The van der Waals surface area contributed by atoms with Gasteiger partial charge >= 0.3 is 5.97 Å². The second kappa shape index (κ2) is 6.46. The van der Waals surface area contributed by atoms with Crippen molar-refractivity contribution in [1.82, 2.24) is 4.90 Å². The van der Waals surface area contributed by atoms with E-state index >= 15 is 0 Å². The maximum absolute atomic E-state index is 12.4. The molecule has 1 aromatic rings. The number of nitrogens with one attached hydrogen (secondary N) is 1. The lowest BCUT2D eigenvalue weighted by Crippen LogP contribution is -2.54. The van der Waals surface area contributed by atoms with Crippen LogP contribution in [0.3, 0.4) is 0 Å². The molecular formula is C15H21ClN2O2. The first-order chi connectivity index (χ1) is 9.55. The van der Waals surface area contributed by atoms with Gasteiger partial charge in [0.1, 0.15) is 5.54 Å². The smallest absolute Gasteiger partial charge is 0.331 e. The van der Waals surface area contributed by atoms with E-state index in [4.69, 9.17) is 16.3 Å². The maximum atomic E-state index is 12.4. The van der Waals surface area contributed by atoms with Gasteiger partial charge in [-0.15, -0.1) is 0 Å². The predicted octanol–water partition coefficient (Wildman–Crippen LogP) is 2.78. The number of benzene rings is 1. The first-order valence-electron chi connectivity index (χ1n) is 6.95. The van der Waals surface area contributed by atoms with Crippen molar-refractivity contribution >= 4 is 23.3 Å². The van der Waals surface area contributed by atoms with Crippen LogP contribution in [0, 0.1) is 0 Å². The Kier molecular flexibility index (Phi) is 4.89. The molecule has 110 valence electrons. The lowest BCUT2D eigenvalue weighted by Gasteiger charge is -2.39. The predicted molar refractivity (Wildman–Crippen MR) is 81.2 cm³/mol. The van der Waals surface area contributed by atoms with E-state index in [1.165, 1.54) is 0 Å². The zero-order valence-electron chi connectivity index (χ0n) is 12.0. The highest BCUT2D eigenvalue weighted by molar-refractivity contribution is 6.30. The van der Waals surface area contributed by atoms with Crippen molar-refractivity contribution in [2.75, 3.05) is 32.1 Å². The van der Waals surface area contributed by atoms with Gasteiger partial charge in [0.15, 0.2) is 0 Å². The number of halogens is 1. The zero-order chi connectivity index (χ0) is 14.6. The minimum atomic E-state index is -0.646. The Hall–Kier alpha value is -1.26. The van der Waals surface area contributed by atoms with E-state index in [9.17, 15) is 4.79 Å². The lowest BCUT2D eigenvalue weighted by atomic mass is 9.87. The number of ether oxygens (including phenoxy) is 1. The number of hydrogen-bond acceptors (Lipinski definition) is 4. The molecule has 0 amide bonds. The molecule has 4 nitrogen and oxygen atoms in total. The third kappa shape index (κ3) is 3.44. The Labute approximate surface area is 125 Å². The van der Waals surface area contributed by atoms with E-state index in [-0.39, 0.29) is 5.97 Å². The largest absolute Gasteiger partial charge is 0.464 e. The van der Waals surface area contributed by atoms with Gasteiger partial charge in [0, 0.05) is 23.8 Å². The van der Waals surface area contributed by atoms with Gasteiger partial charge < -0.3 is 15.0 Å². The van der Waals surface area contributed by atoms with Gasteiger partial charge in [0.05, 0.1) is 6.61 Å². The molecule has 20 heavy (non-hydrogen) atoms. The van der Waals surface area contributed by atoms with Crippen LogP contribution in [-0.4, -0.2) is 43.2 Å². The molecule has 5 heteroatoms. The minimum absolute atomic E-state index is 0.173. The van der Waals surface area contributed by atoms with E-state index in [0.29, 0.717) is 11.6 Å². The van der Waals surface area contributed by atoms with Gasteiger partial charge in [0.25, 0.3) is 0 Å². The molecule has 0 spiro atoms. The van der Waals surface area contributed by atoms with Crippen LogP contribution in [0.5, 0.6) is 0 Å². The summed E-state index contributed by atoms with van der Waals surface area (Å²) in [6.45, 7) is 3.96. The van der Waals surface area contributed by atoms with Gasteiger partial charge in [-0.25, -0.2) is 4.79 Å². The number of rotatable bonds is 4. The van der Waals surface area contributed by atoms with Crippen molar-refractivity contribution in [2.24, 2.45) is 0 Å². The Bertz CT molecular complexity index is 471. The Morgan fingerprint density at radius 3 is 2.75 bits per heavy atom. The van der Waals surface area contributed by atoms with E-state index in [1.54, 1.807) is 0 Å². The normalized spacial score (nSPS) is 18.6. The highest BCUT2D eigenvalue weighted by Gasteiger charge is 2.42. The van der Waals surface area contributed by atoms with Crippen molar-refractivity contribution in [3.63, 3.8) is 0 Å². The van der Waals surface area contributed by atoms with Crippen molar-refractivity contribution < 1.29 is 9.53 Å². The van der Waals surface area contributed by atoms with Crippen LogP contribution in [0.1, 0.15) is 19.8 Å². The summed E-state index contributed by atoms with van der Waals surface area (Å²) in [6.07, 6.45) is 1.46. The molecule has 1 fully saturated rings. The van der Waals surface area contributed by atoms with E-state index < -0.39 is 5.54 Å². The summed E-state index contributed by atoms with van der Waals surface area (Å²) in [6, 6.07) is 7.45. The number of carbonyl (C=O) groups excluding carboxylic acids is 1. The van der Waals surface area contributed by atoms with Crippen LogP contribution in [-0.2, 0) is 9.53 Å². The molecule has 0 aromatic heterocycles. The first kappa shape index (κ1) is 15.1. The standard InChI is InChI=1S/C15H21ClN2O2/c1-3-20-14(19)15(7-9-18(2)10-8-15)17-13-6-4-5-12(16)11-13/h4-6,11,17H,3,7-10H2,1-2H3. The van der Waals surface area contributed by atoms with Gasteiger partial charge in [0.2, 0.25) is 0 Å². The number of piperidine rings is 1. The Balaban J connectivity index is 2.20. The van der Waals surface area contributed by atoms with Crippen LogP contribution in [0.2, 0.25) is 5.02 Å². The van der Waals surface area contributed by atoms with Crippen molar-refractivity contribution in [3.05, 3.63) is 29.3 Å². The fourth-order valence-corrected chi connectivity index (χ4v) is 2.68. The van der Waals surface area contributed by atoms with Gasteiger partial charge in [-0.1, -0.05) is 17.7 Å². The molecule has 1 aromatic carbocycles. The topological polar surface area (TPSA) is 41.6 Å². The SMILES string of the molecule is CCOC(=O)C1(Nc2cccc(Cl)c2)CCN(C)CC1. The van der Waals surface area contributed by atoms with Crippen LogP contribution >= 0.6 is 11.6 Å². The number of carbonyl (C=O) groups is 1. The molecule has 2 rings (SSSR count). The molecule has 1 aliphatic rings. The summed E-state index contributed by atoms with van der Waals surface area (Å²) in [7, 11) is 2.06. The number of hydrogen-bond donors (Lipinski definition) is 1. The first-order valence-corrected chi connectivity index (χ1v) is 7.33. The number of likely N-dealkylation sites (tertiary alicyclic amines) is 1. The number of anilines is 1. The van der Waals surface area contributed by atoms with Gasteiger partial charge in [-0.3, -0.25) is 0 Å². The summed E-state index contributed by atoms with van der Waals surface area (Å²) in [5, 5.41) is 4.01. The van der Waals surface area contributed by atoms with Crippen LogP contribution in [0.25, 0.3) is 0 Å².